The van der Waals surface area contributed by atoms with Gasteiger partial charge in [0.25, 0.3) is 5.91 Å². The number of rotatable bonds is 3. The highest BCUT2D eigenvalue weighted by molar-refractivity contribution is 5.94. The van der Waals surface area contributed by atoms with Gasteiger partial charge in [0.1, 0.15) is 0 Å². The van der Waals surface area contributed by atoms with Gasteiger partial charge in [-0.3, -0.25) is 9.69 Å². The van der Waals surface area contributed by atoms with Crippen molar-refractivity contribution in [2.75, 3.05) is 26.2 Å². The van der Waals surface area contributed by atoms with Gasteiger partial charge in [-0.25, -0.2) is 0 Å². The average Bonchev–Trinajstić information content (AvgIpc) is 2.53. The Hall–Kier alpha value is -1.86. The zero-order chi connectivity index (χ0) is 15.4. The minimum Gasteiger partial charge on any atom is -0.336 e. The van der Waals surface area contributed by atoms with Crippen LogP contribution in [0.5, 0.6) is 0 Å². The molecule has 1 fully saturated rings. The van der Waals surface area contributed by atoms with Gasteiger partial charge < -0.3 is 4.90 Å². The Kier molecular flexibility index (Phi) is 4.98. The predicted octanol–water partition coefficient (Wildman–Crippen LogP) is 2.48. The van der Waals surface area contributed by atoms with E-state index in [9.17, 15) is 4.79 Å². The summed E-state index contributed by atoms with van der Waals surface area (Å²) >= 11 is 0. The van der Waals surface area contributed by atoms with Gasteiger partial charge in [-0.05, 0) is 30.5 Å². The van der Waals surface area contributed by atoms with Crippen molar-refractivity contribution in [2.45, 2.75) is 32.7 Å². The fourth-order valence-corrected chi connectivity index (χ4v) is 2.59. The number of nitriles is 1. The van der Waals surface area contributed by atoms with Crippen molar-refractivity contribution in [2.24, 2.45) is 0 Å². The van der Waals surface area contributed by atoms with Gasteiger partial charge in [-0.2, -0.15) is 5.26 Å². The van der Waals surface area contributed by atoms with Crippen molar-refractivity contribution < 1.29 is 4.79 Å². The van der Waals surface area contributed by atoms with E-state index in [2.05, 4.69) is 24.8 Å². The van der Waals surface area contributed by atoms with Crippen molar-refractivity contribution in [3.8, 4) is 6.07 Å². The zero-order valence-corrected chi connectivity index (χ0v) is 13.0. The van der Waals surface area contributed by atoms with E-state index in [1.807, 2.05) is 36.1 Å². The Labute approximate surface area is 127 Å². The maximum absolute atomic E-state index is 12.5. The average molecular weight is 285 g/mol. The van der Waals surface area contributed by atoms with Crippen LogP contribution < -0.4 is 0 Å². The van der Waals surface area contributed by atoms with Crippen molar-refractivity contribution in [1.82, 2.24) is 9.80 Å². The van der Waals surface area contributed by atoms with Crippen molar-refractivity contribution in [3.63, 3.8) is 0 Å². The van der Waals surface area contributed by atoms with E-state index in [1.165, 1.54) is 5.56 Å². The third-order valence-electron chi connectivity index (χ3n) is 4.16. The molecule has 0 bridgehead atoms. The van der Waals surface area contributed by atoms with Gasteiger partial charge in [-0.15, -0.1) is 0 Å². The number of carbonyl (C=O) groups is 1. The quantitative estimate of drug-likeness (QED) is 0.857. The van der Waals surface area contributed by atoms with E-state index >= 15 is 0 Å². The fraction of sp³-hybridized carbons (Fsp3) is 0.529. The highest BCUT2D eigenvalue weighted by Crippen LogP contribution is 2.16. The largest absolute Gasteiger partial charge is 0.336 e. The summed E-state index contributed by atoms with van der Waals surface area (Å²) in [6, 6.07) is 10.1. The third-order valence-corrected chi connectivity index (χ3v) is 4.16. The van der Waals surface area contributed by atoms with Crippen LogP contribution in [0.1, 0.15) is 42.6 Å². The molecule has 1 amide bonds. The molecule has 1 aliphatic heterocycles. The van der Waals surface area contributed by atoms with E-state index < -0.39 is 0 Å². The van der Waals surface area contributed by atoms with Gasteiger partial charge in [-0.1, -0.05) is 26.0 Å². The molecule has 0 aromatic heterocycles. The van der Waals surface area contributed by atoms with Crippen LogP contribution in [0.2, 0.25) is 0 Å². The lowest BCUT2D eigenvalue weighted by molar-refractivity contribution is 0.0615. The molecule has 1 heterocycles. The van der Waals surface area contributed by atoms with Crippen LogP contribution in [0, 0.1) is 11.3 Å². The standard InChI is InChI=1S/C17H23N3O/c1-13(2)15-4-6-16(7-5-15)17(21)20-10-8-19(9-11-20)14(3)12-18/h4-7,13-14H,8-11H2,1-3H3. The van der Waals surface area contributed by atoms with Crippen LogP contribution in [0.3, 0.4) is 0 Å². The van der Waals surface area contributed by atoms with E-state index in [0.717, 1.165) is 18.7 Å². The maximum Gasteiger partial charge on any atom is 0.253 e. The molecule has 1 aromatic carbocycles. The number of hydrogen-bond donors (Lipinski definition) is 0. The van der Waals surface area contributed by atoms with Crippen LogP contribution in [-0.2, 0) is 0 Å². The van der Waals surface area contributed by atoms with Crippen molar-refractivity contribution >= 4 is 5.91 Å². The molecule has 0 aliphatic carbocycles. The molecule has 4 heteroatoms. The molecule has 1 atom stereocenters. The number of hydrogen-bond acceptors (Lipinski definition) is 3. The second kappa shape index (κ2) is 6.73. The molecular weight excluding hydrogens is 262 g/mol. The number of piperazine rings is 1. The molecule has 1 unspecified atom stereocenters. The summed E-state index contributed by atoms with van der Waals surface area (Å²) in [6.07, 6.45) is 0. The number of amides is 1. The van der Waals surface area contributed by atoms with Crippen LogP contribution in [0.25, 0.3) is 0 Å². The molecule has 21 heavy (non-hydrogen) atoms. The van der Waals surface area contributed by atoms with Crippen molar-refractivity contribution in [1.29, 1.82) is 5.26 Å². The first-order chi connectivity index (χ1) is 10.0. The summed E-state index contributed by atoms with van der Waals surface area (Å²) in [6.45, 7) is 9.11. The molecule has 0 radical (unpaired) electrons. The highest BCUT2D eigenvalue weighted by atomic mass is 16.2. The van der Waals surface area contributed by atoms with Crippen molar-refractivity contribution in [3.05, 3.63) is 35.4 Å². The first-order valence-corrected chi connectivity index (χ1v) is 7.56. The summed E-state index contributed by atoms with van der Waals surface area (Å²) in [4.78, 5) is 16.5. The fourth-order valence-electron chi connectivity index (χ4n) is 2.59. The van der Waals surface area contributed by atoms with Crippen LogP contribution >= 0.6 is 0 Å². The van der Waals surface area contributed by atoms with E-state index in [0.29, 0.717) is 19.0 Å². The lowest BCUT2D eigenvalue weighted by Crippen LogP contribution is -2.51. The van der Waals surface area contributed by atoms with Gasteiger partial charge in [0.15, 0.2) is 0 Å². The van der Waals surface area contributed by atoms with Gasteiger partial charge in [0, 0.05) is 31.7 Å². The molecule has 4 nitrogen and oxygen atoms in total. The molecule has 0 spiro atoms. The Bertz CT molecular complexity index is 522. The monoisotopic (exact) mass is 285 g/mol. The van der Waals surface area contributed by atoms with Gasteiger partial charge in [0.2, 0.25) is 0 Å². The Balaban J connectivity index is 1.97. The lowest BCUT2D eigenvalue weighted by atomic mass is 10.0. The van der Waals surface area contributed by atoms with Crippen LogP contribution in [0.15, 0.2) is 24.3 Å². The van der Waals surface area contributed by atoms with Gasteiger partial charge in [0.05, 0.1) is 12.1 Å². The second-order valence-electron chi connectivity index (χ2n) is 5.91. The molecular formula is C17H23N3O. The zero-order valence-electron chi connectivity index (χ0n) is 13.0. The first kappa shape index (κ1) is 15.5. The number of benzene rings is 1. The predicted molar refractivity (Wildman–Crippen MR) is 83.1 cm³/mol. The van der Waals surface area contributed by atoms with Crippen LogP contribution in [-0.4, -0.2) is 47.9 Å². The summed E-state index contributed by atoms with van der Waals surface area (Å²) < 4.78 is 0. The number of nitrogens with zero attached hydrogens (tertiary/aromatic N) is 3. The molecule has 1 aliphatic rings. The van der Waals surface area contributed by atoms with E-state index in [-0.39, 0.29) is 11.9 Å². The normalized spacial score (nSPS) is 17.6. The van der Waals surface area contributed by atoms with E-state index in [4.69, 9.17) is 5.26 Å². The maximum atomic E-state index is 12.5. The number of carbonyl (C=O) groups excluding carboxylic acids is 1. The third kappa shape index (κ3) is 3.62. The highest BCUT2D eigenvalue weighted by Gasteiger charge is 2.24. The lowest BCUT2D eigenvalue weighted by Gasteiger charge is -2.35. The summed E-state index contributed by atoms with van der Waals surface area (Å²) in [7, 11) is 0. The molecule has 0 N–H and O–H groups in total. The minimum atomic E-state index is -0.0763. The minimum absolute atomic E-state index is 0.0763. The second-order valence-corrected chi connectivity index (χ2v) is 5.91. The first-order valence-electron chi connectivity index (χ1n) is 7.56. The Morgan fingerprint density at radius 3 is 2.14 bits per heavy atom. The van der Waals surface area contributed by atoms with E-state index in [1.54, 1.807) is 0 Å². The Morgan fingerprint density at radius 2 is 1.67 bits per heavy atom. The molecule has 1 aromatic rings. The molecule has 0 saturated carbocycles. The molecule has 112 valence electrons. The van der Waals surface area contributed by atoms with Crippen LogP contribution in [0.4, 0.5) is 0 Å². The topological polar surface area (TPSA) is 47.3 Å². The summed E-state index contributed by atoms with van der Waals surface area (Å²) in [5, 5.41) is 8.94. The van der Waals surface area contributed by atoms with Gasteiger partial charge >= 0.3 is 0 Å². The molecule has 2 rings (SSSR count). The molecule has 1 saturated heterocycles. The summed E-state index contributed by atoms with van der Waals surface area (Å²) in [5.41, 5.74) is 2.00. The smallest absolute Gasteiger partial charge is 0.253 e. The SMILES string of the molecule is CC(C)c1ccc(C(=O)N2CCN(C(C)C#N)CC2)cc1. The Morgan fingerprint density at radius 1 is 1.10 bits per heavy atom. The summed E-state index contributed by atoms with van der Waals surface area (Å²) in [5.74, 6) is 0.569.